The number of alkyl halides is 2. The molecule has 0 radical (unpaired) electrons. The second-order valence-corrected chi connectivity index (χ2v) is 8.19. The Balaban J connectivity index is 1.72. The first-order valence-electron chi connectivity index (χ1n) is 9.31. The smallest absolute Gasteiger partial charge is 0.387 e. The SMILES string of the molecule is CC(C)c1ccc([C@@H]2C[C@H](c3cc(Br)ccc3OC(F)F)n3nnnc3N2)cc1. The summed E-state index contributed by atoms with van der Waals surface area (Å²) in [7, 11) is 0. The number of nitrogens with zero attached hydrogens (tertiary/aromatic N) is 4. The number of hydrogen-bond donors (Lipinski definition) is 1. The fraction of sp³-hybridized carbons (Fsp3) is 0.350. The van der Waals surface area contributed by atoms with Crippen LogP contribution in [-0.2, 0) is 0 Å². The molecule has 6 nitrogen and oxygen atoms in total. The van der Waals surface area contributed by atoms with Crippen molar-refractivity contribution in [3.05, 3.63) is 63.6 Å². The third kappa shape index (κ3) is 4.10. The van der Waals surface area contributed by atoms with Gasteiger partial charge in [0.15, 0.2) is 0 Å². The van der Waals surface area contributed by atoms with Crippen molar-refractivity contribution in [3.8, 4) is 5.75 Å². The first-order chi connectivity index (χ1) is 13.9. The average Bonchev–Trinajstić information content (AvgIpc) is 3.17. The molecule has 2 heterocycles. The van der Waals surface area contributed by atoms with Crippen LogP contribution in [0.1, 0.15) is 55.0 Å². The maximum Gasteiger partial charge on any atom is 0.387 e. The highest BCUT2D eigenvalue weighted by Crippen LogP contribution is 2.41. The number of ether oxygens (including phenoxy) is 1. The van der Waals surface area contributed by atoms with E-state index in [4.69, 9.17) is 4.74 Å². The predicted octanol–water partition coefficient (Wildman–Crippen LogP) is 5.31. The minimum absolute atomic E-state index is 0.0712. The highest BCUT2D eigenvalue weighted by Gasteiger charge is 2.33. The topological polar surface area (TPSA) is 64.9 Å². The number of aromatic nitrogens is 4. The van der Waals surface area contributed by atoms with Crippen molar-refractivity contribution in [3.63, 3.8) is 0 Å². The number of anilines is 1. The summed E-state index contributed by atoms with van der Waals surface area (Å²) >= 11 is 3.42. The van der Waals surface area contributed by atoms with E-state index in [-0.39, 0.29) is 17.8 Å². The minimum atomic E-state index is -2.91. The molecule has 2 atom stereocenters. The van der Waals surface area contributed by atoms with E-state index in [1.54, 1.807) is 16.8 Å². The van der Waals surface area contributed by atoms with Crippen LogP contribution in [0.5, 0.6) is 5.75 Å². The molecule has 29 heavy (non-hydrogen) atoms. The summed E-state index contributed by atoms with van der Waals surface area (Å²) in [4.78, 5) is 0. The molecular formula is C20H20BrF2N5O. The van der Waals surface area contributed by atoms with Gasteiger partial charge in [-0.05, 0) is 52.1 Å². The Morgan fingerprint density at radius 1 is 1.17 bits per heavy atom. The van der Waals surface area contributed by atoms with Crippen LogP contribution in [0, 0.1) is 0 Å². The van der Waals surface area contributed by atoms with E-state index in [9.17, 15) is 8.78 Å². The van der Waals surface area contributed by atoms with Gasteiger partial charge >= 0.3 is 6.61 Å². The molecule has 0 saturated carbocycles. The number of benzene rings is 2. The fourth-order valence-electron chi connectivity index (χ4n) is 3.61. The highest BCUT2D eigenvalue weighted by molar-refractivity contribution is 9.10. The maximum atomic E-state index is 13.0. The Labute approximate surface area is 175 Å². The van der Waals surface area contributed by atoms with Gasteiger partial charge in [0, 0.05) is 10.0 Å². The molecule has 3 aromatic rings. The number of rotatable bonds is 5. The Morgan fingerprint density at radius 2 is 1.93 bits per heavy atom. The van der Waals surface area contributed by atoms with Crippen LogP contribution in [0.2, 0.25) is 0 Å². The molecule has 1 aliphatic rings. The lowest BCUT2D eigenvalue weighted by molar-refractivity contribution is -0.0508. The maximum absolute atomic E-state index is 13.0. The van der Waals surface area contributed by atoms with E-state index < -0.39 is 6.61 Å². The summed E-state index contributed by atoms with van der Waals surface area (Å²) in [5, 5.41) is 15.2. The largest absolute Gasteiger partial charge is 0.434 e. The van der Waals surface area contributed by atoms with E-state index >= 15 is 0 Å². The first-order valence-corrected chi connectivity index (χ1v) is 10.1. The zero-order valence-corrected chi connectivity index (χ0v) is 17.5. The fourth-order valence-corrected chi connectivity index (χ4v) is 3.99. The van der Waals surface area contributed by atoms with Crippen molar-refractivity contribution >= 4 is 21.9 Å². The third-order valence-corrected chi connectivity index (χ3v) is 5.60. The number of hydrogen-bond acceptors (Lipinski definition) is 5. The number of fused-ring (bicyclic) bond motifs is 1. The second kappa shape index (κ2) is 8.06. The average molecular weight is 464 g/mol. The van der Waals surface area contributed by atoms with Crippen molar-refractivity contribution in [2.75, 3.05) is 5.32 Å². The Bertz CT molecular complexity index is 993. The molecule has 1 aromatic heterocycles. The molecule has 152 valence electrons. The van der Waals surface area contributed by atoms with Gasteiger partial charge in [0.25, 0.3) is 0 Å². The third-order valence-electron chi connectivity index (χ3n) is 5.10. The van der Waals surface area contributed by atoms with Crippen LogP contribution in [0.15, 0.2) is 46.9 Å². The Hall–Kier alpha value is -2.55. The zero-order valence-electron chi connectivity index (χ0n) is 15.9. The molecule has 1 aliphatic heterocycles. The lowest BCUT2D eigenvalue weighted by Crippen LogP contribution is -2.28. The summed E-state index contributed by atoms with van der Waals surface area (Å²) in [6.07, 6.45) is 0.578. The normalized spacial score (nSPS) is 18.6. The molecule has 0 bridgehead atoms. The molecule has 1 N–H and O–H groups in total. The summed E-state index contributed by atoms with van der Waals surface area (Å²) in [5.41, 5.74) is 2.93. The summed E-state index contributed by atoms with van der Waals surface area (Å²) in [6.45, 7) is 1.38. The van der Waals surface area contributed by atoms with Crippen molar-refractivity contribution in [2.24, 2.45) is 0 Å². The van der Waals surface area contributed by atoms with Gasteiger partial charge in [-0.25, -0.2) is 4.68 Å². The molecular weight excluding hydrogens is 444 g/mol. The molecule has 4 rings (SSSR count). The van der Waals surface area contributed by atoms with Crippen LogP contribution < -0.4 is 10.1 Å². The molecule has 0 unspecified atom stereocenters. The van der Waals surface area contributed by atoms with Crippen LogP contribution in [0.3, 0.4) is 0 Å². The van der Waals surface area contributed by atoms with E-state index in [1.807, 2.05) is 0 Å². The summed E-state index contributed by atoms with van der Waals surface area (Å²) in [5.74, 6) is 1.05. The lowest BCUT2D eigenvalue weighted by atomic mass is 9.91. The van der Waals surface area contributed by atoms with Gasteiger partial charge in [-0.15, -0.1) is 0 Å². The lowest BCUT2D eigenvalue weighted by Gasteiger charge is -2.32. The number of tetrazole rings is 1. The van der Waals surface area contributed by atoms with Gasteiger partial charge in [0.1, 0.15) is 5.75 Å². The van der Waals surface area contributed by atoms with Gasteiger partial charge < -0.3 is 10.1 Å². The molecule has 0 aliphatic carbocycles. The number of nitrogens with one attached hydrogen (secondary N) is 1. The second-order valence-electron chi connectivity index (χ2n) is 7.28. The predicted molar refractivity (Wildman–Crippen MR) is 108 cm³/mol. The van der Waals surface area contributed by atoms with Crippen molar-refractivity contribution in [2.45, 2.75) is 44.9 Å². The van der Waals surface area contributed by atoms with E-state index in [2.05, 4.69) is 74.9 Å². The number of halogens is 3. The van der Waals surface area contributed by atoms with Crippen molar-refractivity contribution in [1.82, 2.24) is 20.2 Å². The van der Waals surface area contributed by atoms with Gasteiger partial charge in [-0.2, -0.15) is 8.78 Å². The highest BCUT2D eigenvalue weighted by atomic mass is 79.9. The molecule has 0 spiro atoms. The molecule has 0 amide bonds. The minimum Gasteiger partial charge on any atom is -0.434 e. The molecule has 0 saturated heterocycles. The van der Waals surface area contributed by atoms with E-state index in [0.717, 1.165) is 10.0 Å². The standard InChI is InChI=1S/C20H20BrF2N5O/c1-11(2)12-3-5-13(6-4-12)16-10-17(28-20(24-16)25-26-27-28)15-9-14(21)7-8-18(15)29-19(22)23/h3-9,11,16-17,19H,10H2,1-2H3,(H,24,25,27)/t16-,17+/m0/s1. The quantitative estimate of drug-likeness (QED) is 0.555. The molecule has 9 heteroatoms. The Kier molecular flexibility index (Phi) is 5.49. The van der Waals surface area contributed by atoms with E-state index in [0.29, 0.717) is 23.9 Å². The van der Waals surface area contributed by atoms with Crippen LogP contribution >= 0.6 is 15.9 Å². The van der Waals surface area contributed by atoms with Crippen molar-refractivity contribution < 1.29 is 13.5 Å². The summed E-state index contributed by atoms with van der Waals surface area (Å²) < 4.78 is 33.1. The van der Waals surface area contributed by atoms with Gasteiger partial charge in [0.05, 0.1) is 12.1 Å². The molecule has 0 fully saturated rings. The van der Waals surface area contributed by atoms with Crippen LogP contribution in [0.25, 0.3) is 0 Å². The summed E-state index contributed by atoms with van der Waals surface area (Å²) in [6, 6.07) is 12.9. The monoisotopic (exact) mass is 463 g/mol. The van der Waals surface area contributed by atoms with Crippen molar-refractivity contribution in [1.29, 1.82) is 0 Å². The van der Waals surface area contributed by atoms with E-state index in [1.165, 1.54) is 11.6 Å². The molecule has 2 aromatic carbocycles. The zero-order chi connectivity index (χ0) is 20.5. The Morgan fingerprint density at radius 3 is 2.62 bits per heavy atom. The van der Waals surface area contributed by atoms with Gasteiger partial charge in [-0.3, -0.25) is 0 Å². The van der Waals surface area contributed by atoms with Crippen LogP contribution in [0.4, 0.5) is 14.7 Å². The van der Waals surface area contributed by atoms with Crippen LogP contribution in [-0.4, -0.2) is 26.8 Å². The first kappa shape index (κ1) is 19.8. The van der Waals surface area contributed by atoms with Gasteiger partial charge in [0.2, 0.25) is 5.95 Å². The van der Waals surface area contributed by atoms with Gasteiger partial charge in [-0.1, -0.05) is 59.1 Å².